The van der Waals surface area contributed by atoms with Gasteiger partial charge in [-0.25, -0.2) is 0 Å². The summed E-state index contributed by atoms with van der Waals surface area (Å²) >= 11 is 0. The van der Waals surface area contributed by atoms with Crippen LogP contribution in [-0.4, -0.2) is 17.2 Å². The van der Waals surface area contributed by atoms with E-state index in [0.717, 1.165) is 19.5 Å². The Bertz CT molecular complexity index is 337. The summed E-state index contributed by atoms with van der Waals surface area (Å²) in [6.07, 6.45) is 4.85. The molecule has 1 aromatic rings. The van der Waals surface area contributed by atoms with E-state index in [0.29, 0.717) is 12.0 Å². The first kappa shape index (κ1) is 13.0. The van der Waals surface area contributed by atoms with Gasteiger partial charge in [0, 0.05) is 37.1 Å². The fraction of sp³-hybridized carbons (Fsp3) is 0.615. The van der Waals surface area contributed by atoms with Crippen LogP contribution in [0.4, 0.5) is 0 Å². The second kappa shape index (κ2) is 6.48. The SMILES string of the molecule is CCCNC(Cn1ccc(=O)cc1)C(C)C. The Labute approximate surface area is 97.5 Å². The summed E-state index contributed by atoms with van der Waals surface area (Å²) in [5.41, 5.74) is 0.0684. The van der Waals surface area contributed by atoms with Gasteiger partial charge in [0.1, 0.15) is 0 Å². The first-order chi connectivity index (χ1) is 7.63. The smallest absolute Gasteiger partial charge is 0.181 e. The second-order valence-corrected chi connectivity index (χ2v) is 4.54. The quantitative estimate of drug-likeness (QED) is 0.797. The third-order valence-corrected chi connectivity index (χ3v) is 2.73. The molecular weight excluding hydrogens is 200 g/mol. The van der Waals surface area contributed by atoms with E-state index in [9.17, 15) is 4.79 Å². The Balaban J connectivity index is 2.60. The van der Waals surface area contributed by atoms with Gasteiger partial charge in [-0.1, -0.05) is 20.8 Å². The highest BCUT2D eigenvalue weighted by Crippen LogP contribution is 2.04. The molecule has 0 aliphatic heterocycles. The van der Waals surface area contributed by atoms with E-state index < -0.39 is 0 Å². The normalized spacial score (nSPS) is 13.0. The van der Waals surface area contributed by atoms with Gasteiger partial charge in [-0.05, 0) is 18.9 Å². The van der Waals surface area contributed by atoms with Gasteiger partial charge in [-0.2, -0.15) is 0 Å². The monoisotopic (exact) mass is 222 g/mol. The minimum atomic E-state index is 0.0684. The van der Waals surface area contributed by atoms with Crippen LogP contribution in [0.2, 0.25) is 0 Å². The lowest BCUT2D eigenvalue weighted by Crippen LogP contribution is -2.38. The number of rotatable bonds is 6. The Kier molecular flexibility index (Phi) is 5.26. The summed E-state index contributed by atoms with van der Waals surface area (Å²) in [4.78, 5) is 11.0. The molecule has 1 heterocycles. The molecule has 0 saturated heterocycles. The van der Waals surface area contributed by atoms with Crippen LogP contribution in [0.15, 0.2) is 29.3 Å². The zero-order chi connectivity index (χ0) is 12.0. The molecule has 0 aliphatic carbocycles. The van der Waals surface area contributed by atoms with Crippen LogP contribution in [0.25, 0.3) is 0 Å². The van der Waals surface area contributed by atoms with E-state index in [-0.39, 0.29) is 5.43 Å². The summed E-state index contributed by atoms with van der Waals surface area (Å²) in [7, 11) is 0. The van der Waals surface area contributed by atoms with E-state index >= 15 is 0 Å². The van der Waals surface area contributed by atoms with E-state index in [2.05, 4.69) is 30.7 Å². The van der Waals surface area contributed by atoms with Gasteiger partial charge in [0.05, 0.1) is 0 Å². The van der Waals surface area contributed by atoms with Crippen LogP contribution in [0.3, 0.4) is 0 Å². The Morgan fingerprint density at radius 1 is 1.31 bits per heavy atom. The highest BCUT2D eigenvalue weighted by molar-refractivity contribution is 4.94. The summed E-state index contributed by atoms with van der Waals surface area (Å²) in [6.45, 7) is 8.57. The number of pyridine rings is 1. The van der Waals surface area contributed by atoms with E-state index in [1.807, 2.05) is 12.4 Å². The van der Waals surface area contributed by atoms with Gasteiger partial charge >= 0.3 is 0 Å². The summed E-state index contributed by atoms with van der Waals surface area (Å²) in [6, 6.07) is 3.68. The predicted molar refractivity (Wildman–Crippen MR) is 67.6 cm³/mol. The van der Waals surface area contributed by atoms with Gasteiger partial charge in [-0.15, -0.1) is 0 Å². The molecule has 0 radical (unpaired) electrons. The molecule has 0 bridgehead atoms. The van der Waals surface area contributed by atoms with Crippen LogP contribution in [0.1, 0.15) is 27.2 Å². The molecule has 1 atom stereocenters. The van der Waals surface area contributed by atoms with Gasteiger partial charge in [0.2, 0.25) is 0 Å². The molecule has 1 rings (SSSR count). The van der Waals surface area contributed by atoms with E-state index in [4.69, 9.17) is 0 Å². The first-order valence-electron chi connectivity index (χ1n) is 6.03. The average Bonchev–Trinajstić information content (AvgIpc) is 2.26. The maximum absolute atomic E-state index is 11.0. The van der Waals surface area contributed by atoms with Gasteiger partial charge < -0.3 is 9.88 Å². The molecule has 0 aromatic carbocycles. The fourth-order valence-electron chi connectivity index (χ4n) is 1.63. The fourth-order valence-corrected chi connectivity index (χ4v) is 1.63. The van der Waals surface area contributed by atoms with Crippen molar-refractivity contribution in [2.24, 2.45) is 5.92 Å². The van der Waals surface area contributed by atoms with Crippen LogP contribution < -0.4 is 10.7 Å². The molecule has 0 amide bonds. The van der Waals surface area contributed by atoms with Crippen LogP contribution in [0, 0.1) is 5.92 Å². The zero-order valence-electron chi connectivity index (χ0n) is 10.4. The van der Waals surface area contributed by atoms with Gasteiger partial charge in [0.25, 0.3) is 0 Å². The van der Waals surface area contributed by atoms with Crippen molar-refractivity contribution < 1.29 is 0 Å². The van der Waals surface area contributed by atoms with Crippen molar-refractivity contribution in [3.05, 3.63) is 34.7 Å². The van der Waals surface area contributed by atoms with Crippen LogP contribution >= 0.6 is 0 Å². The van der Waals surface area contributed by atoms with Crippen molar-refractivity contribution >= 4 is 0 Å². The molecule has 0 aliphatic rings. The molecule has 90 valence electrons. The van der Waals surface area contributed by atoms with E-state index in [1.54, 1.807) is 12.1 Å². The third kappa shape index (κ3) is 4.19. The maximum Gasteiger partial charge on any atom is 0.181 e. The summed E-state index contributed by atoms with van der Waals surface area (Å²) in [5, 5.41) is 3.53. The Morgan fingerprint density at radius 3 is 2.44 bits per heavy atom. The van der Waals surface area contributed by atoms with Crippen molar-refractivity contribution in [1.29, 1.82) is 0 Å². The minimum absolute atomic E-state index is 0.0684. The van der Waals surface area contributed by atoms with Crippen LogP contribution in [-0.2, 0) is 6.54 Å². The molecular formula is C13H22N2O. The highest BCUT2D eigenvalue weighted by Gasteiger charge is 2.11. The highest BCUT2D eigenvalue weighted by atomic mass is 16.1. The molecule has 0 saturated carbocycles. The number of nitrogens with one attached hydrogen (secondary N) is 1. The molecule has 0 fully saturated rings. The van der Waals surface area contributed by atoms with Gasteiger partial charge in [0.15, 0.2) is 5.43 Å². The van der Waals surface area contributed by atoms with Crippen molar-refractivity contribution in [2.75, 3.05) is 6.54 Å². The van der Waals surface area contributed by atoms with Crippen molar-refractivity contribution in [3.8, 4) is 0 Å². The molecule has 16 heavy (non-hydrogen) atoms. The summed E-state index contributed by atoms with van der Waals surface area (Å²) < 4.78 is 2.06. The largest absolute Gasteiger partial charge is 0.352 e. The van der Waals surface area contributed by atoms with Crippen molar-refractivity contribution in [2.45, 2.75) is 39.8 Å². The second-order valence-electron chi connectivity index (χ2n) is 4.54. The molecule has 3 heteroatoms. The number of aromatic nitrogens is 1. The predicted octanol–water partition coefficient (Wildman–Crippen LogP) is 1.87. The lowest BCUT2D eigenvalue weighted by Gasteiger charge is -2.23. The van der Waals surface area contributed by atoms with Crippen LogP contribution in [0.5, 0.6) is 0 Å². The Hall–Kier alpha value is -1.09. The molecule has 1 unspecified atom stereocenters. The zero-order valence-corrected chi connectivity index (χ0v) is 10.4. The lowest BCUT2D eigenvalue weighted by atomic mass is 10.0. The Morgan fingerprint density at radius 2 is 1.94 bits per heavy atom. The first-order valence-corrected chi connectivity index (χ1v) is 6.03. The molecule has 0 spiro atoms. The standard InChI is InChI=1S/C13H22N2O/c1-4-7-14-13(11(2)3)10-15-8-5-12(16)6-9-15/h5-6,8-9,11,13-14H,4,7,10H2,1-3H3. The molecule has 1 aromatic heterocycles. The maximum atomic E-state index is 11.0. The summed E-state index contributed by atoms with van der Waals surface area (Å²) in [5.74, 6) is 0.589. The average molecular weight is 222 g/mol. The molecule has 1 N–H and O–H groups in total. The minimum Gasteiger partial charge on any atom is -0.352 e. The van der Waals surface area contributed by atoms with Crippen molar-refractivity contribution in [1.82, 2.24) is 9.88 Å². The number of hydrogen-bond donors (Lipinski definition) is 1. The van der Waals surface area contributed by atoms with Gasteiger partial charge in [-0.3, -0.25) is 4.79 Å². The van der Waals surface area contributed by atoms with Crippen molar-refractivity contribution in [3.63, 3.8) is 0 Å². The topological polar surface area (TPSA) is 34.0 Å². The van der Waals surface area contributed by atoms with E-state index in [1.165, 1.54) is 0 Å². The third-order valence-electron chi connectivity index (χ3n) is 2.73. The lowest BCUT2D eigenvalue weighted by molar-refractivity contribution is 0.355. The number of nitrogens with zero attached hydrogens (tertiary/aromatic N) is 1. The number of hydrogen-bond acceptors (Lipinski definition) is 2. The molecule has 3 nitrogen and oxygen atoms in total.